The standard InChI is InChI=1S/C7H13N3O/c1-4-5(7(2,3)8)9-10-6(4)11/h8H2,1-3H3,(H2,9,10,11). The minimum Gasteiger partial charge on any atom is -0.321 e. The molecule has 0 amide bonds. The molecule has 1 rings (SSSR count). The van der Waals surface area contributed by atoms with Gasteiger partial charge in [-0.3, -0.25) is 9.89 Å². The highest BCUT2D eigenvalue weighted by Crippen LogP contribution is 2.14. The number of hydrogen-bond acceptors (Lipinski definition) is 2. The van der Waals surface area contributed by atoms with Gasteiger partial charge < -0.3 is 10.8 Å². The Balaban J connectivity index is 3.26. The quantitative estimate of drug-likeness (QED) is 0.542. The summed E-state index contributed by atoms with van der Waals surface area (Å²) in [5.41, 5.74) is 6.63. The number of aromatic amines is 2. The van der Waals surface area contributed by atoms with Crippen LogP contribution in [0.5, 0.6) is 0 Å². The molecule has 0 fully saturated rings. The minimum absolute atomic E-state index is 0.0986. The normalized spacial score (nSPS) is 12.0. The summed E-state index contributed by atoms with van der Waals surface area (Å²) < 4.78 is 0. The van der Waals surface area contributed by atoms with Crippen LogP contribution in [0, 0.1) is 6.92 Å². The summed E-state index contributed by atoms with van der Waals surface area (Å²) in [5, 5.41) is 5.23. The van der Waals surface area contributed by atoms with Crippen LogP contribution in [0.15, 0.2) is 4.79 Å². The van der Waals surface area contributed by atoms with Crippen molar-refractivity contribution in [3.63, 3.8) is 0 Å². The van der Waals surface area contributed by atoms with E-state index >= 15 is 0 Å². The maximum Gasteiger partial charge on any atom is 0.267 e. The average molecular weight is 155 g/mol. The first-order valence-corrected chi connectivity index (χ1v) is 3.49. The topological polar surface area (TPSA) is 74.7 Å². The highest BCUT2D eigenvalue weighted by molar-refractivity contribution is 5.20. The number of nitrogens with two attached hydrogens (primary N) is 1. The minimum atomic E-state index is -0.483. The third kappa shape index (κ3) is 1.35. The number of aromatic nitrogens is 2. The molecule has 0 aliphatic rings. The molecule has 4 N–H and O–H groups in total. The lowest BCUT2D eigenvalue weighted by atomic mass is 9.99. The van der Waals surface area contributed by atoms with E-state index in [4.69, 9.17) is 5.73 Å². The van der Waals surface area contributed by atoms with Crippen LogP contribution in [0.4, 0.5) is 0 Å². The molecule has 0 radical (unpaired) electrons. The highest BCUT2D eigenvalue weighted by atomic mass is 16.1. The number of rotatable bonds is 1. The third-order valence-electron chi connectivity index (χ3n) is 1.66. The first-order chi connectivity index (χ1) is 4.93. The van der Waals surface area contributed by atoms with Gasteiger partial charge >= 0.3 is 0 Å². The van der Waals surface area contributed by atoms with E-state index in [0.717, 1.165) is 5.69 Å². The largest absolute Gasteiger partial charge is 0.321 e. The molecular formula is C7H13N3O. The average Bonchev–Trinajstić information content (AvgIpc) is 2.11. The molecule has 0 spiro atoms. The molecule has 0 aromatic carbocycles. The first-order valence-electron chi connectivity index (χ1n) is 3.49. The Morgan fingerprint density at radius 2 is 1.91 bits per heavy atom. The van der Waals surface area contributed by atoms with Gasteiger partial charge in [-0.2, -0.15) is 0 Å². The van der Waals surface area contributed by atoms with Crippen LogP contribution in [-0.4, -0.2) is 10.2 Å². The van der Waals surface area contributed by atoms with Gasteiger partial charge in [-0.1, -0.05) is 0 Å². The van der Waals surface area contributed by atoms with Crippen molar-refractivity contribution in [2.24, 2.45) is 5.73 Å². The summed E-state index contributed by atoms with van der Waals surface area (Å²) in [7, 11) is 0. The van der Waals surface area contributed by atoms with Crippen LogP contribution in [0.1, 0.15) is 25.1 Å². The molecule has 1 heterocycles. The second kappa shape index (κ2) is 2.23. The summed E-state index contributed by atoms with van der Waals surface area (Å²) in [6, 6.07) is 0. The van der Waals surface area contributed by atoms with E-state index in [9.17, 15) is 4.79 Å². The lowest BCUT2D eigenvalue weighted by molar-refractivity contribution is 0.530. The zero-order chi connectivity index (χ0) is 8.65. The highest BCUT2D eigenvalue weighted by Gasteiger charge is 2.19. The van der Waals surface area contributed by atoms with Crippen LogP contribution in [0.25, 0.3) is 0 Å². The van der Waals surface area contributed by atoms with Gasteiger partial charge in [0.1, 0.15) is 0 Å². The smallest absolute Gasteiger partial charge is 0.267 e. The van der Waals surface area contributed by atoms with Crippen LogP contribution >= 0.6 is 0 Å². The third-order valence-corrected chi connectivity index (χ3v) is 1.66. The maximum atomic E-state index is 10.9. The van der Waals surface area contributed by atoms with Gasteiger partial charge in [0.25, 0.3) is 5.56 Å². The van der Waals surface area contributed by atoms with Gasteiger partial charge in [-0.15, -0.1) is 0 Å². The van der Waals surface area contributed by atoms with Crippen LogP contribution in [-0.2, 0) is 5.54 Å². The van der Waals surface area contributed by atoms with E-state index < -0.39 is 5.54 Å². The second-order valence-corrected chi connectivity index (χ2v) is 3.30. The molecule has 0 saturated carbocycles. The van der Waals surface area contributed by atoms with E-state index in [1.54, 1.807) is 6.92 Å². The van der Waals surface area contributed by atoms with E-state index in [0.29, 0.717) is 5.56 Å². The van der Waals surface area contributed by atoms with Crippen molar-refractivity contribution in [3.05, 3.63) is 21.6 Å². The van der Waals surface area contributed by atoms with Crippen molar-refractivity contribution in [1.29, 1.82) is 0 Å². The van der Waals surface area contributed by atoms with Gasteiger partial charge in [0.15, 0.2) is 0 Å². The van der Waals surface area contributed by atoms with Gasteiger partial charge in [0, 0.05) is 5.56 Å². The fourth-order valence-corrected chi connectivity index (χ4v) is 1.06. The second-order valence-electron chi connectivity index (χ2n) is 3.30. The Hall–Kier alpha value is -1.03. The van der Waals surface area contributed by atoms with Gasteiger partial charge in [-0.25, -0.2) is 0 Å². The Labute approximate surface area is 64.8 Å². The van der Waals surface area contributed by atoms with Crippen molar-refractivity contribution < 1.29 is 0 Å². The number of H-pyrrole nitrogens is 2. The summed E-state index contributed by atoms with van der Waals surface area (Å²) in [5.74, 6) is 0. The van der Waals surface area contributed by atoms with E-state index in [-0.39, 0.29) is 5.56 Å². The number of nitrogens with one attached hydrogen (secondary N) is 2. The predicted molar refractivity (Wildman–Crippen MR) is 43.4 cm³/mol. The molecule has 11 heavy (non-hydrogen) atoms. The molecular weight excluding hydrogens is 142 g/mol. The Kier molecular flexibility index (Phi) is 1.64. The number of hydrogen-bond donors (Lipinski definition) is 3. The fraction of sp³-hybridized carbons (Fsp3) is 0.571. The summed E-state index contributed by atoms with van der Waals surface area (Å²) in [6.45, 7) is 5.44. The molecule has 0 atom stereocenters. The Bertz CT molecular complexity index is 302. The fourth-order valence-electron chi connectivity index (χ4n) is 1.06. The van der Waals surface area contributed by atoms with Crippen molar-refractivity contribution in [2.45, 2.75) is 26.3 Å². The Morgan fingerprint density at radius 3 is 2.09 bits per heavy atom. The zero-order valence-electron chi connectivity index (χ0n) is 6.99. The van der Waals surface area contributed by atoms with Crippen LogP contribution in [0.3, 0.4) is 0 Å². The van der Waals surface area contributed by atoms with Crippen LogP contribution in [0.2, 0.25) is 0 Å². The molecule has 0 aliphatic carbocycles. The van der Waals surface area contributed by atoms with Gasteiger partial charge in [0.05, 0.1) is 11.2 Å². The van der Waals surface area contributed by atoms with E-state index in [2.05, 4.69) is 10.2 Å². The maximum absolute atomic E-state index is 10.9. The monoisotopic (exact) mass is 155 g/mol. The Morgan fingerprint density at radius 1 is 1.36 bits per heavy atom. The van der Waals surface area contributed by atoms with E-state index in [1.165, 1.54) is 0 Å². The molecule has 4 heteroatoms. The molecule has 62 valence electrons. The molecule has 4 nitrogen and oxygen atoms in total. The molecule has 1 aromatic rings. The lowest BCUT2D eigenvalue weighted by Gasteiger charge is -2.16. The first kappa shape index (κ1) is 8.07. The van der Waals surface area contributed by atoms with Gasteiger partial charge in [-0.05, 0) is 20.8 Å². The molecule has 0 unspecified atom stereocenters. The zero-order valence-corrected chi connectivity index (χ0v) is 6.99. The predicted octanol–water partition coefficient (Wildman–Crippen LogP) is 0.205. The summed E-state index contributed by atoms with van der Waals surface area (Å²) in [6.07, 6.45) is 0. The molecule has 0 saturated heterocycles. The summed E-state index contributed by atoms with van der Waals surface area (Å²) in [4.78, 5) is 10.9. The summed E-state index contributed by atoms with van der Waals surface area (Å²) >= 11 is 0. The van der Waals surface area contributed by atoms with Crippen LogP contribution < -0.4 is 11.3 Å². The van der Waals surface area contributed by atoms with Gasteiger partial charge in [0.2, 0.25) is 0 Å². The van der Waals surface area contributed by atoms with E-state index in [1.807, 2.05) is 13.8 Å². The molecule has 1 aromatic heterocycles. The van der Waals surface area contributed by atoms with Crippen molar-refractivity contribution in [2.75, 3.05) is 0 Å². The SMILES string of the molecule is Cc1c(C(C)(C)N)[nH][nH]c1=O. The van der Waals surface area contributed by atoms with Crippen molar-refractivity contribution in [1.82, 2.24) is 10.2 Å². The molecule has 0 bridgehead atoms. The van der Waals surface area contributed by atoms with Crippen molar-refractivity contribution in [3.8, 4) is 0 Å². The molecule has 0 aliphatic heterocycles. The lowest BCUT2D eigenvalue weighted by Crippen LogP contribution is -2.30. The van der Waals surface area contributed by atoms with Crippen molar-refractivity contribution >= 4 is 0 Å².